The van der Waals surface area contributed by atoms with Crippen LogP contribution in [0.15, 0.2) is 109 Å². The van der Waals surface area contributed by atoms with Gasteiger partial charge in [0.05, 0.1) is 21.8 Å². The number of amides is 1. The van der Waals surface area contributed by atoms with Crippen LogP contribution in [-0.4, -0.2) is 21.8 Å². The van der Waals surface area contributed by atoms with E-state index in [1.807, 2.05) is 42.5 Å². The molecule has 1 unspecified atom stereocenters. The molecule has 5 aromatic rings. The van der Waals surface area contributed by atoms with E-state index in [-0.39, 0.29) is 11.3 Å². The summed E-state index contributed by atoms with van der Waals surface area (Å²) in [5.74, 6) is -1.23. The second-order valence-corrected chi connectivity index (χ2v) is 10.4. The first-order chi connectivity index (χ1) is 19.0. The number of aromatic nitrogens is 1. The van der Waals surface area contributed by atoms with Gasteiger partial charge >= 0.3 is 5.91 Å². The van der Waals surface area contributed by atoms with E-state index >= 15 is 0 Å². The molecule has 2 heterocycles. The van der Waals surface area contributed by atoms with Crippen LogP contribution in [0.2, 0.25) is 5.02 Å². The smallest absolute Gasteiger partial charge is 0.301 e. The largest absolute Gasteiger partial charge is 0.507 e. The number of thiazole rings is 1. The summed E-state index contributed by atoms with van der Waals surface area (Å²) < 4.78 is 6.81. The third-order valence-corrected chi connectivity index (χ3v) is 7.71. The summed E-state index contributed by atoms with van der Waals surface area (Å²) in [4.78, 5) is 33.0. The minimum Gasteiger partial charge on any atom is -0.507 e. The van der Waals surface area contributed by atoms with E-state index in [1.54, 1.807) is 60.7 Å². The van der Waals surface area contributed by atoms with E-state index in [0.717, 1.165) is 10.3 Å². The fourth-order valence-corrected chi connectivity index (χ4v) is 5.87. The Kier molecular flexibility index (Phi) is 6.60. The molecular formula is C31H21ClN2O4S. The highest BCUT2D eigenvalue weighted by Gasteiger charge is 2.48. The van der Waals surface area contributed by atoms with Crippen LogP contribution in [0.25, 0.3) is 16.0 Å². The maximum absolute atomic E-state index is 13.5. The number of hydrogen-bond acceptors (Lipinski definition) is 6. The second-order valence-electron chi connectivity index (χ2n) is 8.99. The fourth-order valence-electron chi connectivity index (χ4n) is 4.60. The van der Waals surface area contributed by atoms with Crippen molar-refractivity contribution < 1.29 is 19.4 Å². The number of rotatable bonds is 6. The molecular weight excluding hydrogens is 532 g/mol. The van der Waals surface area contributed by atoms with Crippen molar-refractivity contribution >= 4 is 55.7 Å². The van der Waals surface area contributed by atoms with Gasteiger partial charge in [-0.25, -0.2) is 4.98 Å². The summed E-state index contributed by atoms with van der Waals surface area (Å²) >= 11 is 7.43. The van der Waals surface area contributed by atoms with Gasteiger partial charge in [-0.05, 0) is 41.5 Å². The summed E-state index contributed by atoms with van der Waals surface area (Å²) in [6.07, 6.45) is 0. The van der Waals surface area contributed by atoms with Gasteiger partial charge in [0.1, 0.15) is 18.1 Å². The standard InChI is InChI=1S/C31H21ClN2O4S/c32-22-14-15-24-25(17-22)39-31(33-24)34-27(26(29(36)30(34)37)28(35)20-10-5-2-6-11-20)21-12-7-13-23(16-21)38-18-19-8-3-1-4-9-19/h1-17,27,35H,18H2/b28-26+. The number of nitrogens with zero attached hydrogens (tertiary/aromatic N) is 2. The number of aliphatic hydroxyl groups excluding tert-OH is 1. The van der Waals surface area contributed by atoms with Crippen molar-refractivity contribution in [2.75, 3.05) is 4.90 Å². The highest BCUT2D eigenvalue weighted by molar-refractivity contribution is 7.22. The molecule has 0 saturated carbocycles. The lowest BCUT2D eigenvalue weighted by Gasteiger charge is -2.23. The molecule has 1 saturated heterocycles. The molecule has 192 valence electrons. The molecule has 6 rings (SSSR count). The molecule has 8 heteroatoms. The SMILES string of the molecule is O=C1C(=O)N(c2nc3ccc(Cl)cc3s2)C(c2cccc(OCc3ccccc3)c2)/C1=C(\O)c1ccccc1. The van der Waals surface area contributed by atoms with Crippen LogP contribution in [0.5, 0.6) is 5.75 Å². The minimum atomic E-state index is -0.915. The van der Waals surface area contributed by atoms with E-state index in [4.69, 9.17) is 16.3 Å². The van der Waals surface area contributed by atoms with Crippen molar-refractivity contribution in [3.05, 3.63) is 130 Å². The molecule has 1 N–H and O–H groups in total. The number of hydrogen-bond donors (Lipinski definition) is 1. The van der Waals surface area contributed by atoms with Crippen LogP contribution < -0.4 is 9.64 Å². The summed E-state index contributed by atoms with van der Waals surface area (Å²) in [7, 11) is 0. The summed E-state index contributed by atoms with van der Waals surface area (Å²) in [6.45, 7) is 0.354. The Morgan fingerprint density at radius 3 is 2.44 bits per heavy atom. The van der Waals surface area contributed by atoms with Crippen molar-refractivity contribution in [2.24, 2.45) is 0 Å². The van der Waals surface area contributed by atoms with Gasteiger partial charge in [0.2, 0.25) is 0 Å². The predicted molar refractivity (Wildman–Crippen MR) is 153 cm³/mol. The fraction of sp³-hybridized carbons (Fsp3) is 0.0645. The van der Waals surface area contributed by atoms with Gasteiger partial charge in [-0.3, -0.25) is 14.5 Å². The molecule has 4 aromatic carbocycles. The van der Waals surface area contributed by atoms with Crippen molar-refractivity contribution in [2.45, 2.75) is 12.6 Å². The Labute approximate surface area is 233 Å². The molecule has 1 atom stereocenters. The first-order valence-electron chi connectivity index (χ1n) is 12.2. The maximum atomic E-state index is 13.5. The van der Waals surface area contributed by atoms with E-state index in [2.05, 4.69) is 4.98 Å². The number of halogens is 1. The highest BCUT2D eigenvalue weighted by atomic mass is 35.5. The van der Waals surface area contributed by atoms with Crippen LogP contribution in [0.1, 0.15) is 22.7 Å². The van der Waals surface area contributed by atoms with E-state index < -0.39 is 17.7 Å². The molecule has 1 fully saturated rings. The Balaban J connectivity index is 1.47. The second kappa shape index (κ2) is 10.4. The van der Waals surface area contributed by atoms with Crippen molar-refractivity contribution in [3.8, 4) is 5.75 Å². The molecule has 0 aliphatic carbocycles. The van der Waals surface area contributed by atoms with Gasteiger partial charge in [-0.15, -0.1) is 0 Å². The number of ketones is 1. The predicted octanol–water partition coefficient (Wildman–Crippen LogP) is 7.16. The van der Waals surface area contributed by atoms with Crippen LogP contribution in [0.3, 0.4) is 0 Å². The summed E-state index contributed by atoms with van der Waals surface area (Å²) in [6, 6.07) is 30.0. The van der Waals surface area contributed by atoms with Crippen LogP contribution >= 0.6 is 22.9 Å². The molecule has 1 aliphatic rings. The molecule has 1 aromatic heterocycles. The average molecular weight is 553 g/mol. The third-order valence-electron chi connectivity index (χ3n) is 6.46. The summed E-state index contributed by atoms with van der Waals surface area (Å²) in [5.41, 5.74) is 2.69. The lowest BCUT2D eigenvalue weighted by atomic mass is 9.95. The van der Waals surface area contributed by atoms with E-state index in [1.165, 1.54) is 16.2 Å². The van der Waals surface area contributed by atoms with Crippen LogP contribution in [0.4, 0.5) is 5.13 Å². The van der Waals surface area contributed by atoms with Gasteiger partial charge in [-0.1, -0.05) is 95.7 Å². The number of carbonyl (C=O) groups excluding carboxylic acids is 2. The number of fused-ring (bicyclic) bond motifs is 1. The number of benzene rings is 4. The molecule has 39 heavy (non-hydrogen) atoms. The van der Waals surface area contributed by atoms with Crippen molar-refractivity contribution in [3.63, 3.8) is 0 Å². The van der Waals surface area contributed by atoms with Crippen LogP contribution in [0, 0.1) is 0 Å². The maximum Gasteiger partial charge on any atom is 0.301 e. The molecule has 0 radical (unpaired) electrons. The van der Waals surface area contributed by atoms with E-state index in [0.29, 0.717) is 39.2 Å². The third kappa shape index (κ3) is 4.78. The average Bonchev–Trinajstić information content (AvgIpc) is 3.50. The molecule has 6 nitrogen and oxygen atoms in total. The lowest BCUT2D eigenvalue weighted by Crippen LogP contribution is -2.29. The quantitative estimate of drug-likeness (QED) is 0.137. The van der Waals surface area contributed by atoms with Gasteiger partial charge in [0, 0.05) is 10.6 Å². The zero-order chi connectivity index (χ0) is 26.9. The normalized spacial score (nSPS) is 16.6. The van der Waals surface area contributed by atoms with E-state index in [9.17, 15) is 14.7 Å². The summed E-state index contributed by atoms with van der Waals surface area (Å²) in [5, 5.41) is 12.2. The molecule has 0 spiro atoms. The molecule has 1 amide bonds. The molecule has 0 bridgehead atoms. The van der Waals surface area contributed by atoms with Gasteiger partial charge < -0.3 is 9.84 Å². The van der Waals surface area contributed by atoms with Crippen molar-refractivity contribution in [1.82, 2.24) is 4.98 Å². The van der Waals surface area contributed by atoms with Gasteiger partial charge in [-0.2, -0.15) is 0 Å². The zero-order valence-corrected chi connectivity index (χ0v) is 22.0. The zero-order valence-electron chi connectivity index (χ0n) is 20.5. The first-order valence-corrected chi connectivity index (χ1v) is 13.4. The Morgan fingerprint density at radius 1 is 0.923 bits per heavy atom. The van der Waals surface area contributed by atoms with Gasteiger partial charge in [0.25, 0.3) is 5.78 Å². The Bertz CT molecular complexity index is 1730. The van der Waals surface area contributed by atoms with Crippen LogP contribution in [-0.2, 0) is 16.2 Å². The number of anilines is 1. The number of carbonyl (C=O) groups is 2. The number of ether oxygens (including phenoxy) is 1. The topological polar surface area (TPSA) is 79.7 Å². The monoisotopic (exact) mass is 552 g/mol. The minimum absolute atomic E-state index is 0.0105. The van der Waals surface area contributed by atoms with Gasteiger partial charge in [0.15, 0.2) is 5.13 Å². The number of Topliss-reactive ketones (excluding diaryl/α,β-unsaturated/α-hetero) is 1. The number of aliphatic hydroxyl groups is 1. The Hall–Kier alpha value is -4.46. The van der Waals surface area contributed by atoms with Crippen molar-refractivity contribution in [1.29, 1.82) is 0 Å². The Morgan fingerprint density at radius 2 is 1.67 bits per heavy atom. The molecule has 1 aliphatic heterocycles. The highest BCUT2D eigenvalue weighted by Crippen LogP contribution is 2.45. The lowest BCUT2D eigenvalue weighted by molar-refractivity contribution is -0.132. The first kappa shape index (κ1) is 24.9.